The summed E-state index contributed by atoms with van der Waals surface area (Å²) < 4.78 is 11.6. The molecule has 0 bridgehead atoms. The molecule has 0 unspecified atom stereocenters. The van der Waals surface area contributed by atoms with E-state index in [1.807, 2.05) is 5.38 Å². The minimum Gasteiger partial charge on any atom is -0.493 e. The van der Waals surface area contributed by atoms with E-state index in [1.165, 1.54) is 30.7 Å². The Labute approximate surface area is 161 Å². The van der Waals surface area contributed by atoms with Crippen molar-refractivity contribution in [2.45, 2.75) is 6.61 Å². The molecular formula is C17H14BrN3O4S. The van der Waals surface area contributed by atoms with Crippen LogP contribution in [0.25, 0.3) is 0 Å². The molecule has 2 N–H and O–H groups in total. The number of carbonyl (C=O) groups is 1. The van der Waals surface area contributed by atoms with Crippen molar-refractivity contribution in [1.29, 1.82) is 0 Å². The molecule has 0 radical (unpaired) electrons. The van der Waals surface area contributed by atoms with E-state index in [0.717, 1.165) is 5.69 Å². The highest BCUT2D eigenvalue weighted by Gasteiger charge is 2.13. The van der Waals surface area contributed by atoms with Crippen molar-refractivity contribution >= 4 is 38.9 Å². The van der Waals surface area contributed by atoms with Crippen molar-refractivity contribution in [2.24, 2.45) is 0 Å². The zero-order valence-electron chi connectivity index (χ0n) is 13.6. The fourth-order valence-corrected chi connectivity index (χ4v) is 3.02. The lowest BCUT2D eigenvalue weighted by atomic mass is 10.2. The van der Waals surface area contributed by atoms with Gasteiger partial charge in [0.05, 0.1) is 18.3 Å². The second kappa shape index (κ2) is 8.15. The first-order valence-electron chi connectivity index (χ1n) is 7.44. The summed E-state index contributed by atoms with van der Waals surface area (Å²) in [7, 11) is 1.49. The topological polar surface area (TPSA) is 93.3 Å². The number of nitrogens with zero attached hydrogens (tertiary/aromatic N) is 1. The van der Waals surface area contributed by atoms with E-state index in [0.29, 0.717) is 28.1 Å². The van der Waals surface area contributed by atoms with Crippen LogP contribution in [0, 0.1) is 0 Å². The predicted molar refractivity (Wildman–Crippen MR) is 102 cm³/mol. The molecule has 0 spiro atoms. The minimum atomic E-state index is -0.432. The van der Waals surface area contributed by atoms with Crippen LogP contribution in [-0.2, 0) is 6.61 Å². The van der Waals surface area contributed by atoms with Gasteiger partial charge in [-0.3, -0.25) is 9.59 Å². The number of pyridine rings is 1. The van der Waals surface area contributed by atoms with Gasteiger partial charge in [-0.2, -0.15) is 0 Å². The van der Waals surface area contributed by atoms with Gasteiger partial charge in [-0.15, -0.1) is 11.3 Å². The molecule has 3 rings (SSSR count). The van der Waals surface area contributed by atoms with Crippen molar-refractivity contribution in [2.75, 3.05) is 12.4 Å². The lowest BCUT2D eigenvalue weighted by molar-refractivity contribution is 0.102. The Hall–Kier alpha value is -2.65. The molecule has 2 heterocycles. The number of hydrogen-bond acceptors (Lipinski definition) is 6. The van der Waals surface area contributed by atoms with E-state index >= 15 is 0 Å². The quantitative estimate of drug-likeness (QED) is 0.618. The Morgan fingerprint density at radius 1 is 1.35 bits per heavy atom. The highest BCUT2D eigenvalue weighted by Crippen LogP contribution is 2.29. The number of nitrogens with one attached hydrogen (secondary N) is 2. The highest BCUT2D eigenvalue weighted by molar-refractivity contribution is 9.10. The number of amides is 1. The van der Waals surface area contributed by atoms with Crippen LogP contribution in [0.3, 0.4) is 0 Å². The van der Waals surface area contributed by atoms with Gasteiger partial charge in [0, 0.05) is 21.6 Å². The Morgan fingerprint density at radius 3 is 2.92 bits per heavy atom. The third-order valence-electron chi connectivity index (χ3n) is 3.40. The maximum absolute atomic E-state index is 12.4. The number of carbonyl (C=O) groups excluding carboxylic acids is 1. The second-order valence-electron chi connectivity index (χ2n) is 5.15. The fourth-order valence-electron chi connectivity index (χ4n) is 2.13. The maximum Gasteiger partial charge on any atom is 0.271 e. The van der Waals surface area contributed by atoms with Gasteiger partial charge < -0.3 is 19.8 Å². The average Bonchev–Trinajstić information content (AvgIpc) is 3.16. The molecule has 26 heavy (non-hydrogen) atoms. The van der Waals surface area contributed by atoms with Crippen LogP contribution >= 0.6 is 27.3 Å². The molecule has 134 valence electrons. The van der Waals surface area contributed by atoms with Gasteiger partial charge in [-0.05, 0) is 40.2 Å². The van der Waals surface area contributed by atoms with Crippen LogP contribution in [0.2, 0.25) is 0 Å². The first-order valence-corrected chi connectivity index (χ1v) is 9.18. The van der Waals surface area contributed by atoms with Crippen LogP contribution < -0.4 is 20.3 Å². The molecule has 0 saturated heterocycles. The monoisotopic (exact) mass is 435 g/mol. The van der Waals surface area contributed by atoms with Gasteiger partial charge in [0.15, 0.2) is 11.5 Å². The zero-order chi connectivity index (χ0) is 18.5. The van der Waals surface area contributed by atoms with E-state index in [-0.39, 0.29) is 5.69 Å². The smallest absolute Gasteiger partial charge is 0.271 e. The van der Waals surface area contributed by atoms with Crippen LogP contribution in [0.15, 0.2) is 50.6 Å². The summed E-state index contributed by atoms with van der Waals surface area (Å²) in [5.74, 6) is 0.478. The number of anilines is 1. The number of ether oxygens (including phenoxy) is 2. The highest BCUT2D eigenvalue weighted by atomic mass is 79.9. The number of hydrogen-bond donors (Lipinski definition) is 2. The lowest BCUT2D eigenvalue weighted by Crippen LogP contribution is -2.19. The Balaban J connectivity index is 1.76. The van der Waals surface area contributed by atoms with E-state index in [2.05, 4.69) is 31.2 Å². The molecule has 0 fully saturated rings. The van der Waals surface area contributed by atoms with Gasteiger partial charge in [0.1, 0.15) is 12.3 Å². The van der Waals surface area contributed by atoms with E-state index < -0.39 is 11.5 Å². The van der Waals surface area contributed by atoms with E-state index in [9.17, 15) is 9.59 Å². The van der Waals surface area contributed by atoms with Gasteiger partial charge in [0.2, 0.25) is 0 Å². The molecule has 0 aliphatic heterocycles. The summed E-state index contributed by atoms with van der Waals surface area (Å²) in [6, 6.07) is 6.32. The summed E-state index contributed by atoms with van der Waals surface area (Å²) >= 11 is 4.73. The Kier molecular flexibility index (Phi) is 5.69. The van der Waals surface area contributed by atoms with Crippen LogP contribution in [0.5, 0.6) is 11.5 Å². The Bertz CT molecular complexity index is 972. The minimum absolute atomic E-state index is 0.146. The first-order chi connectivity index (χ1) is 12.6. The van der Waals surface area contributed by atoms with Crippen LogP contribution in [-0.4, -0.2) is 23.0 Å². The largest absolute Gasteiger partial charge is 0.493 e. The third-order valence-corrected chi connectivity index (χ3v) is 4.49. The van der Waals surface area contributed by atoms with Crippen molar-refractivity contribution in [3.63, 3.8) is 0 Å². The molecule has 9 heteroatoms. The number of aromatic amines is 1. The number of H-pyrrole nitrogens is 1. The standard InChI is InChI=1S/C17H14BrN3O4S/c1-24-15-4-10(2-3-14(15)25-7-12-8-26-9-20-12)16(22)21-13-5-11(18)6-19-17(13)23/h2-6,8-9H,7H2,1H3,(H,19,23)(H,21,22). The molecular weight excluding hydrogens is 422 g/mol. The molecule has 0 atom stereocenters. The van der Waals surface area contributed by atoms with Crippen molar-refractivity contribution in [3.8, 4) is 11.5 Å². The SMILES string of the molecule is COc1cc(C(=O)Nc2cc(Br)c[nH]c2=O)ccc1OCc1cscn1. The molecule has 0 aliphatic carbocycles. The zero-order valence-corrected chi connectivity index (χ0v) is 16.0. The van der Waals surface area contributed by atoms with Gasteiger partial charge in [-0.1, -0.05) is 0 Å². The predicted octanol–water partition coefficient (Wildman–Crippen LogP) is 3.43. The van der Waals surface area contributed by atoms with Crippen molar-refractivity contribution < 1.29 is 14.3 Å². The van der Waals surface area contributed by atoms with Crippen molar-refractivity contribution in [1.82, 2.24) is 9.97 Å². The third kappa shape index (κ3) is 4.30. The van der Waals surface area contributed by atoms with Gasteiger partial charge >= 0.3 is 0 Å². The molecule has 0 saturated carbocycles. The molecule has 1 amide bonds. The average molecular weight is 436 g/mol. The molecule has 0 aliphatic rings. The molecule has 1 aromatic carbocycles. The van der Waals surface area contributed by atoms with E-state index in [4.69, 9.17) is 9.47 Å². The summed E-state index contributed by atoms with van der Waals surface area (Å²) in [4.78, 5) is 30.9. The number of thiazole rings is 1. The summed E-state index contributed by atoms with van der Waals surface area (Å²) in [6.07, 6.45) is 1.50. The number of methoxy groups -OCH3 is 1. The van der Waals surface area contributed by atoms with Crippen LogP contribution in [0.4, 0.5) is 5.69 Å². The van der Waals surface area contributed by atoms with Crippen LogP contribution in [0.1, 0.15) is 16.1 Å². The van der Waals surface area contributed by atoms with Crippen molar-refractivity contribution in [3.05, 3.63) is 67.4 Å². The summed E-state index contributed by atoms with van der Waals surface area (Å²) in [6.45, 7) is 0.304. The molecule has 2 aromatic heterocycles. The second-order valence-corrected chi connectivity index (χ2v) is 6.78. The fraction of sp³-hybridized carbons (Fsp3) is 0.118. The molecule has 7 nitrogen and oxygen atoms in total. The first kappa shape index (κ1) is 18.2. The normalized spacial score (nSPS) is 10.4. The Morgan fingerprint density at radius 2 is 2.19 bits per heavy atom. The number of rotatable bonds is 6. The van der Waals surface area contributed by atoms with Gasteiger partial charge in [-0.25, -0.2) is 4.98 Å². The summed E-state index contributed by atoms with van der Waals surface area (Å²) in [5.41, 5.74) is 2.63. The maximum atomic E-state index is 12.4. The number of halogens is 1. The molecule has 3 aromatic rings. The number of aromatic nitrogens is 2. The lowest BCUT2D eigenvalue weighted by Gasteiger charge is -2.11. The van der Waals surface area contributed by atoms with Gasteiger partial charge in [0.25, 0.3) is 11.5 Å². The van der Waals surface area contributed by atoms with E-state index in [1.54, 1.807) is 23.7 Å². The summed E-state index contributed by atoms with van der Waals surface area (Å²) in [5, 5.41) is 4.47. The number of benzene rings is 1.